The summed E-state index contributed by atoms with van der Waals surface area (Å²) in [6.45, 7) is 1.83. The summed E-state index contributed by atoms with van der Waals surface area (Å²) in [7, 11) is 0. The summed E-state index contributed by atoms with van der Waals surface area (Å²) >= 11 is 0. The summed E-state index contributed by atoms with van der Waals surface area (Å²) in [5.41, 5.74) is 9.28. The van der Waals surface area contributed by atoms with Crippen molar-refractivity contribution in [2.24, 2.45) is 0 Å². The lowest BCUT2D eigenvalue weighted by atomic mass is 10.0. The first kappa shape index (κ1) is 11.3. The van der Waals surface area contributed by atoms with Gasteiger partial charge in [-0.3, -0.25) is 4.79 Å². The van der Waals surface area contributed by atoms with E-state index in [9.17, 15) is 4.79 Å². The minimum atomic E-state index is -0.142. The normalized spacial score (nSPS) is 15.9. The lowest BCUT2D eigenvalue weighted by Crippen LogP contribution is -2.09. The Hall–Kier alpha value is -2.76. The van der Waals surface area contributed by atoms with Crippen LogP contribution in [-0.2, 0) is 4.79 Å². The van der Waals surface area contributed by atoms with Crippen molar-refractivity contribution in [2.75, 3.05) is 16.4 Å². The van der Waals surface area contributed by atoms with Crippen molar-refractivity contribution < 1.29 is 4.79 Å². The molecule has 19 heavy (non-hydrogen) atoms. The second-order valence-corrected chi connectivity index (χ2v) is 4.32. The number of nitrogens with two attached hydrogens (primary N) is 1. The summed E-state index contributed by atoms with van der Waals surface area (Å²) in [6.07, 6.45) is 3.35. The van der Waals surface area contributed by atoms with Crippen LogP contribution in [0.1, 0.15) is 12.5 Å². The predicted molar refractivity (Wildman–Crippen MR) is 74.3 cm³/mol. The van der Waals surface area contributed by atoms with Crippen LogP contribution in [0.3, 0.4) is 0 Å². The Balaban J connectivity index is 2.05. The number of imidazole rings is 1. The summed E-state index contributed by atoms with van der Waals surface area (Å²) in [5.74, 6) is 0.451. The van der Waals surface area contributed by atoms with Crippen molar-refractivity contribution >= 4 is 28.8 Å². The molecule has 2 aromatic rings. The Morgan fingerprint density at radius 2 is 2.26 bits per heavy atom. The number of nitrogens with zero attached hydrogens (tertiary/aromatic N) is 1. The molecule has 0 saturated heterocycles. The van der Waals surface area contributed by atoms with Crippen LogP contribution in [0, 0.1) is 0 Å². The molecule has 1 aromatic heterocycles. The van der Waals surface area contributed by atoms with E-state index in [-0.39, 0.29) is 5.91 Å². The molecule has 1 aromatic carbocycles. The molecule has 2 heterocycles. The molecule has 1 amide bonds. The van der Waals surface area contributed by atoms with Crippen molar-refractivity contribution in [1.82, 2.24) is 9.97 Å². The van der Waals surface area contributed by atoms with Crippen LogP contribution in [0.25, 0.3) is 5.57 Å². The first-order chi connectivity index (χ1) is 9.15. The highest BCUT2D eigenvalue weighted by Crippen LogP contribution is 2.35. The van der Waals surface area contributed by atoms with Crippen LogP contribution in [-0.4, -0.2) is 15.9 Å². The minimum Gasteiger partial charge on any atom is -0.399 e. The van der Waals surface area contributed by atoms with E-state index in [1.807, 2.05) is 6.92 Å². The molecule has 0 fully saturated rings. The fourth-order valence-corrected chi connectivity index (χ4v) is 2.13. The Bertz CT molecular complexity index is 672. The molecule has 0 saturated carbocycles. The number of nitrogen functional groups attached to an aromatic ring is 1. The third-order valence-electron chi connectivity index (χ3n) is 2.97. The van der Waals surface area contributed by atoms with E-state index in [1.165, 1.54) is 0 Å². The fraction of sp³-hybridized carbons (Fsp3) is 0.0769. The number of allylic oxidation sites excluding steroid dienone is 1. The average Bonchev–Trinajstić information content (AvgIpc) is 2.95. The Labute approximate surface area is 109 Å². The number of aromatic nitrogens is 2. The first-order valence-electron chi connectivity index (χ1n) is 5.83. The number of hydrogen-bond donors (Lipinski definition) is 4. The van der Waals surface area contributed by atoms with Gasteiger partial charge in [-0.2, -0.15) is 0 Å². The van der Waals surface area contributed by atoms with Gasteiger partial charge < -0.3 is 21.4 Å². The standard InChI is InChI=1S/C13H13N5O/c1-7(17-13-15-4-5-16-13)11-9-6-8(14)2-3-10(9)18-12(11)19/h2-6H,14H2,1H3,(H,18,19)(H2,15,16,17). The third-order valence-corrected chi connectivity index (χ3v) is 2.97. The molecular formula is C13H13N5O. The number of anilines is 3. The minimum absolute atomic E-state index is 0.142. The second kappa shape index (κ2) is 4.16. The van der Waals surface area contributed by atoms with Gasteiger partial charge in [-0.1, -0.05) is 0 Å². The molecule has 5 N–H and O–H groups in total. The first-order valence-corrected chi connectivity index (χ1v) is 5.83. The van der Waals surface area contributed by atoms with Crippen LogP contribution in [0.15, 0.2) is 36.3 Å². The van der Waals surface area contributed by atoms with E-state index in [4.69, 9.17) is 5.73 Å². The van der Waals surface area contributed by atoms with E-state index in [0.29, 0.717) is 17.2 Å². The number of carbonyl (C=O) groups excluding carboxylic acids is 1. The highest BCUT2D eigenvalue weighted by Gasteiger charge is 2.26. The Morgan fingerprint density at radius 3 is 3.00 bits per heavy atom. The quantitative estimate of drug-likeness (QED) is 0.486. The second-order valence-electron chi connectivity index (χ2n) is 4.32. The van der Waals surface area contributed by atoms with E-state index in [1.54, 1.807) is 30.6 Å². The largest absolute Gasteiger partial charge is 0.399 e. The van der Waals surface area contributed by atoms with Gasteiger partial charge in [-0.15, -0.1) is 0 Å². The number of H-pyrrole nitrogens is 1. The van der Waals surface area contributed by atoms with E-state index in [2.05, 4.69) is 20.6 Å². The number of benzene rings is 1. The van der Waals surface area contributed by atoms with Gasteiger partial charge in [0.05, 0.1) is 5.57 Å². The zero-order chi connectivity index (χ0) is 13.4. The van der Waals surface area contributed by atoms with Gasteiger partial charge in [0.25, 0.3) is 5.91 Å². The SMILES string of the molecule is CC(Nc1ncc[nH]1)=C1C(=O)Nc2ccc(N)cc21. The Morgan fingerprint density at radius 1 is 1.42 bits per heavy atom. The molecule has 6 nitrogen and oxygen atoms in total. The van der Waals surface area contributed by atoms with Gasteiger partial charge in [-0.25, -0.2) is 4.98 Å². The third kappa shape index (κ3) is 1.93. The van der Waals surface area contributed by atoms with Gasteiger partial charge in [0.15, 0.2) is 0 Å². The van der Waals surface area contributed by atoms with Gasteiger partial charge in [0.1, 0.15) is 0 Å². The molecular weight excluding hydrogens is 242 g/mol. The van der Waals surface area contributed by atoms with Crippen molar-refractivity contribution in [2.45, 2.75) is 6.92 Å². The van der Waals surface area contributed by atoms with E-state index >= 15 is 0 Å². The fourth-order valence-electron chi connectivity index (χ4n) is 2.13. The molecule has 0 atom stereocenters. The molecule has 0 spiro atoms. The molecule has 6 heteroatoms. The van der Waals surface area contributed by atoms with Crippen molar-refractivity contribution in [3.05, 3.63) is 41.9 Å². The van der Waals surface area contributed by atoms with Crippen LogP contribution in [0.5, 0.6) is 0 Å². The summed E-state index contributed by atoms with van der Waals surface area (Å²) in [6, 6.07) is 5.35. The van der Waals surface area contributed by atoms with Crippen LogP contribution < -0.4 is 16.4 Å². The topological polar surface area (TPSA) is 95.8 Å². The van der Waals surface area contributed by atoms with Crippen molar-refractivity contribution in [3.8, 4) is 0 Å². The van der Waals surface area contributed by atoms with Crippen LogP contribution >= 0.6 is 0 Å². The maximum atomic E-state index is 12.0. The summed E-state index contributed by atoms with van der Waals surface area (Å²) in [5, 5.41) is 5.88. The van der Waals surface area contributed by atoms with Crippen molar-refractivity contribution in [1.29, 1.82) is 0 Å². The number of rotatable bonds is 2. The zero-order valence-corrected chi connectivity index (χ0v) is 10.3. The molecule has 1 aliphatic rings. The van der Waals surface area contributed by atoms with Gasteiger partial charge in [0.2, 0.25) is 5.95 Å². The lowest BCUT2D eigenvalue weighted by Gasteiger charge is -2.07. The molecule has 0 radical (unpaired) electrons. The number of nitrogens with one attached hydrogen (secondary N) is 3. The number of aromatic amines is 1. The molecule has 0 bridgehead atoms. The predicted octanol–water partition coefficient (Wildman–Crippen LogP) is 1.79. The Kier molecular flexibility index (Phi) is 2.49. The number of fused-ring (bicyclic) bond motifs is 1. The van der Waals surface area contributed by atoms with Crippen LogP contribution in [0.2, 0.25) is 0 Å². The monoisotopic (exact) mass is 255 g/mol. The zero-order valence-electron chi connectivity index (χ0n) is 10.3. The smallest absolute Gasteiger partial charge is 0.258 e. The number of amides is 1. The van der Waals surface area contributed by atoms with E-state index < -0.39 is 0 Å². The number of carbonyl (C=O) groups is 1. The highest BCUT2D eigenvalue weighted by molar-refractivity contribution is 6.32. The average molecular weight is 255 g/mol. The molecule has 1 aliphatic heterocycles. The summed E-state index contributed by atoms with van der Waals surface area (Å²) < 4.78 is 0. The van der Waals surface area contributed by atoms with Gasteiger partial charge in [0, 0.05) is 35.0 Å². The molecule has 0 unspecified atom stereocenters. The summed E-state index contributed by atoms with van der Waals surface area (Å²) in [4.78, 5) is 19.0. The maximum Gasteiger partial charge on any atom is 0.258 e. The van der Waals surface area contributed by atoms with Gasteiger partial charge >= 0.3 is 0 Å². The highest BCUT2D eigenvalue weighted by atomic mass is 16.2. The molecule has 0 aliphatic carbocycles. The van der Waals surface area contributed by atoms with Crippen molar-refractivity contribution in [3.63, 3.8) is 0 Å². The number of hydrogen-bond acceptors (Lipinski definition) is 4. The van der Waals surface area contributed by atoms with E-state index in [0.717, 1.165) is 16.9 Å². The molecule has 3 rings (SSSR count). The van der Waals surface area contributed by atoms with Crippen LogP contribution in [0.4, 0.5) is 17.3 Å². The molecule has 96 valence electrons. The van der Waals surface area contributed by atoms with Gasteiger partial charge in [-0.05, 0) is 25.1 Å². The maximum absolute atomic E-state index is 12.0. The lowest BCUT2D eigenvalue weighted by molar-refractivity contribution is -0.110.